The average molecular weight is 667 g/mol. The van der Waals surface area contributed by atoms with E-state index in [0.29, 0.717) is 30.2 Å². The number of urea groups is 1. The van der Waals surface area contributed by atoms with Crippen LogP contribution in [0.1, 0.15) is 50.4 Å². The van der Waals surface area contributed by atoms with Gasteiger partial charge in [0.15, 0.2) is 0 Å². The standard InChI is InChI=1S/C35H46N4O7S/c1-25-22-39(26(2)24-40)34(41)31-21-29(37-35(42)36-28-14-7-5-8-15-28)18-19-32(31)46-27(3)13-11-12-20-45-33(25)23-38(4)47(43,44)30-16-9-6-10-17-30/h5-10,14-19,21,25-27,33,40H,11-13,20,22-24H2,1-4H3,(H2,36,37,42)/t25-,26+,27+,33+/m0/s1. The second-order valence-electron chi connectivity index (χ2n) is 12.1. The topological polar surface area (TPSA) is 138 Å². The Hall–Kier alpha value is -3.97. The number of hydrogen-bond donors (Lipinski definition) is 3. The number of benzene rings is 3. The molecule has 0 spiro atoms. The number of aliphatic hydroxyl groups excluding tert-OH is 1. The van der Waals surface area contributed by atoms with Crippen molar-refractivity contribution in [3.05, 3.63) is 84.4 Å². The Bertz CT molecular complexity index is 1570. The van der Waals surface area contributed by atoms with Crippen LogP contribution in [0.3, 0.4) is 0 Å². The first kappa shape index (κ1) is 35.9. The number of aliphatic hydroxyl groups is 1. The van der Waals surface area contributed by atoms with Gasteiger partial charge in [-0.1, -0.05) is 43.3 Å². The Kier molecular flexibility index (Phi) is 12.8. The summed E-state index contributed by atoms with van der Waals surface area (Å²) < 4.78 is 40.6. The van der Waals surface area contributed by atoms with E-state index in [4.69, 9.17) is 9.47 Å². The average Bonchev–Trinajstić information content (AvgIpc) is 3.06. The Balaban J connectivity index is 1.63. The molecule has 0 saturated heterocycles. The fraction of sp³-hybridized carbons (Fsp3) is 0.429. The van der Waals surface area contributed by atoms with Crippen LogP contribution in [0.2, 0.25) is 0 Å². The van der Waals surface area contributed by atoms with Crippen LogP contribution in [0.5, 0.6) is 5.75 Å². The van der Waals surface area contributed by atoms with Gasteiger partial charge in [-0.2, -0.15) is 4.31 Å². The zero-order valence-electron chi connectivity index (χ0n) is 27.5. The molecule has 254 valence electrons. The minimum absolute atomic E-state index is 0.0780. The number of ether oxygens (including phenoxy) is 2. The number of hydrogen-bond acceptors (Lipinski definition) is 7. The molecule has 1 heterocycles. The molecule has 4 atom stereocenters. The van der Waals surface area contributed by atoms with Crippen molar-refractivity contribution in [2.75, 3.05) is 44.0 Å². The van der Waals surface area contributed by atoms with Crippen molar-refractivity contribution in [2.45, 2.75) is 63.2 Å². The molecule has 11 nitrogen and oxygen atoms in total. The number of nitrogens with zero attached hydrogens (tertiary/aromatic N) is 2. The Morgan fingerprint density at radius 2 is 1.66 bits per heavy atom. The molecule has 0 unspecified atom stereocenters. The second kappa shape index (κ2) is 16.7. The van der Waals surface area contributed by atoms with Gasteiger partial charge in [-0.25, -0.2) is 13.2 Å². The van der Waals surface area contributed by atoms with E-state index < -0.39 is 34.1 Å². The summed E-state index contributed by atoms with van der Waals surface area (Å²) in [6, 6.07) is 21.1. The molecular formula is C35H46N4O7S. The van der Waals surface area contributed by atoms with Crippen LogP contribution < -0.4 is 15.4 Å². The molecule has 12 heteroatoms. The normalized spacial score (nSPS) is 20.4. The first-order chi connectivity index (χ1) is 22.5. The van der Waals surface area contributed by atoms with Crippen LogP contribution >= 0.6 is 0 Å². The molecule has 3 aromatic carbocycles. The molecule has 3 aromatic rings. The van der Waals surface area contributed by atoms with Gasteiger partial charge in [0, 0.05) is 44.0 Å². The van der Waals surface area contributed by atoms with Crippen molar-refractivity contribution < 1.29 is 32.6 Å². The molecule has 4 rings (SSSR count). The maximum atomic E-state index is 14.3. The summed E-state index contributed by atoms with van der Waals surface area (Å²) in [5.74, 6) is -0.336. The lowest BCUT2D eigenvalue weighted by Gasteiger charge is -2.35. The zero-order chi connectivity index (χ0) is 34.0. The number of carbonyl (C=O) groups excluding carboxylic acids is 2. The minimum atomic E-state index is -3.77. The second-order valence-corrected chi connectivity index (χ2v) is 14.1. The molecule has 0 saturated carbocycles. The fourth-order valence-electron chi connectivity index (χ4n) is 5.40. The van der Waals surface area contributed by atoms with Crippen molar-refractivity contribution in [3.63, 3.8) is 0 Å². The van der Waals surface area contributed by atoms with Crippen LogP contribution in [-0.2, 0) is 14.8 Å². The third-order valence-electron chi connectivity index (χ3n) is 8.23. The number of carbonyl (C=O) groups is 2. The maximum absolute atomic E-state index is 14.3. The zero-order valence-corrected chi connectivity index (χ0v) is 28.3. The lowest BCUT2D eigenvalue weighted by atomic mass is 10.0. The van der Waals surface area contributed by atoms with Crippen molar-refractivity contribution in [2.24, 2.45) is 5.92 Å². The summed E-state index contributed by atoms with van der Waals surface area (Å²) in [5, 5.41) is 15.8. The Morgan fingerprint density at radius 1 is 1.00 bits per heavy atom. The first-order valence-electron chi connectivity index (χ1n) is 16.0. The van der Waals surface area contributed by atoms with Crippen molar-refractivity contribution in [1.29, 1.82) is 0 Å². The third-order valence-corrected chi connectivity index (χ3v) is 10.1. The van der Waals surface area contributed by atoms with Gasteiger partial charge in [-0.15, -0.1) is 0 Å². The summed E-state index contributed by atoms with van der Waals surface area (Å²) in [6.07, 6.45) is 1.50. The molecule has 0 aliphatic carbocycles. The highest BCUT2D eigenvalue weighted by Gasteiger charge is 2.32. The largest absolute Gasteiger partial charge is 0.490 e. The molecule has 0 aromatic heterocycles. The van der Waals surface area contributed by atoms with E-state index in [0.717, 1.165) is 12.8 Å². The van der Waals surface area contributed by atoms with E-state index in [1.807, 2.05) is 32.0 Å². The quantitative estimate of drug-likeness (QED) is 0.291. The highest BCUT2D eigenvalue weighted by molar-refractivity contribution is 7.89. The minimum Gasteiger partial charge on any atom is -0.490 e. The van der Waals surface area contributed by atoms with Crippen LogP contribution in [0.25, 0.3) is 0 Å². The van der Waals surface area contributed by atoms with E-state index in [-0.39, 0.29) is 42.2 Å². The summed E-state index contributed by atoms with van der Waals surface area (Å²) in [5.41, 5.74) is 1.24. The highest BCUT2D eigenvalue weighted by atomic mass is 32.2. The van der Waals surface area contributed by atoms with Gasteiger partial charge >= 0.3 is 6.03 Å². The van der Waals surface area contributed by atoms with Crippen LogP contribution in [0, 0.1) is 5.92 Å². The van der Waals surface area contributed by atoms with Gasteiger partial charge < -0.3 is 30.1 Å². The number of sulfonamides is 1. The van der Waals surface area contributed by atoms with E-state index >= 15 is 0 Å². The monoisotopic (exact) mass is 666 g/mol. The number of anilines is 2. The number of likely N-dealkylation sites (N-methyl/N-ethyl adjacent to an activating group) is 1. The smallest absolute Gasteiger partial charge is 0.323 e. The van der Waals surface area contributed by atoms with Crippen LogP contribution in [0.15, 0.2) is 83.8 Å². The third kappa shape index (κ3) is 9.77. The van der Waals surface area contributed by atoms with E-state index in [1.165, 1.54) is 11.4 Å². The summed E-state index contributed by atoms with van der Waals surface area (Å²) in [7, 11) is -2.25. The van der Waals surface area contributed by atoms with Gasteiger partial charge in [0.2, 0.25) is 10.0 Å². The Morgan fingerprint density at radius 3 is 2.34 bits per heavy atom. The lowest BCUT2D eigenvalue weighted by Crippen LogP contribution is -2.48. The molecule has 0 fully saturated rings. The Labute approximate surface area is 277 Å². The van der Waals surface area contributed by atoms with Crippen molar-refractivity contribution >= 4 is 33.3 Å². The van der Waals surface area contributed by atoms with E-state index in [2.05, 4.69) is 10.6 Å². The number of amides is 3. The fourth-order valence-corrected chi connectivity index (χ4v) is 6.61. The number of rotatable bonds is 8. The van der Waals surface area contributed by atoms with Gasteiger partial charge in [-0.05, 0) is 75.6 Å². The van der Waals surface area contributed by atoms with E-state index in [9.17, 15) is 23.1 Å². The molecule has 3 amide bonds. The maximum Gasteiger partial charge on any atom is 0.323 e. The van der Waals surface area contributed by atoms with Crippen molar-refractivity contribution in [3.8, 4) is 5.75 Å². The SMILES string of the molecule is C[C@@H]1CCCCO[C@H](CN(C)S(=O)(=O)c2ccccc2)[C@@H](C)CN([C@H](C)CO)C(=O)c2cc(NC(=O)Nc3ccccc3)ccc2O1. The van der Waals surface area contributed by atoms with Crippen LogP contribution in [-0.4, -0.2) is 86.3 Å². The molecule has 1 aliphatic heterocycles. The van der Waals surface area contributed by atoms with Gasteiger partial charge in [0.1, 0.15) is 5.75 Å². The van der Waals surface area contributed by atoms with Crippen molar-refractivity contribution in [1.82, 2.24) is 9.21 Å². The van der Waals surface area contributed by atoms with Crippen LogP contribution in [0.4, 0.5) is 16.2 Å². The molecular weight excluding hydrogens is 620 g/mol. The molecule has 47 heavy (non-hydrogen) atoms. The molecule has 0 radical (unpaired) electrons. The lowest BCUT2D eigenvalue weighted by molar-refractivity contribution is -0.00833. The van der Waals surface area contributed by atoms with Gasteiger partial charge in [0.05, 0.1) is 35.3 Å². The number of para-hydroxylation sites is 1. The molecule has 0 bridgehead atoms. The summed E-state index contributed by atoms with van der Waals surface area (Å²) in [4.78, 5) is 28.8. The molecule has 1 aliphatic rings. The van der Waals surface area contributed by atoms with E-state index in [1.54, 1.807) is 72.5 Å². The first-order valence-corrected chi connectivity index (χ1v) is 17.4. The number of fused-ring (bicyclic) bond motifs is 1. The number of nitrogens with one attached hydrogen (secondary N) is 2. The predicted molar refractivity (Wildman–Crippen MR) is 182 cm³/mol. The van der Waals surface area contributed by atoms with Gasteiger partial charge in [-0.3, -0.25) is 4.79 Å². The molecule has 3 N–H and O–H groups in total. The highest BCUT2D eigenvalue weighted by Crippen LogP contribution is 2.29. The predicted octanol–water partition coefficient (Wildman–Crippen LogP) is 5.45. The van der Waals surface area contributed by atoms with Gasteiger partial charge in [0.25, 0.3) is 5.91 Å². The summed E-state index contributed by atoms with van der Waals surface area (Å²) >= 11 is 0. The summed E-state index contributed by atoms with van der Waals surface area (Å²) in [6.45, 7) is 5.96.